The molecule has 0 unspecified atom stereocenters. The van der Waals surface area contributed by atoms with E-state index in [1.54, 1.807) is 36.9 Å². The normalized spacial score (nSPS) is 11.4. The number of carbonyl (C=O) groups is 1. The zero-order valence-electron chi connectivity index (χ0n) is 15.2. The first-order valence-electron chi connectivity index (χ1n) is 8.67. The molecular weight excluding hydrogens is 419 g/mol. The molecule has 0 radical (unpaired) electrons. The van der Waals surface area contributed by atoms with Crippen LogP contribution >= 0.6 is 11.6 Å². The molecule has 2 N–H and O–H groups in total. The van der Waals surface area contributed by atoms with E-state index in [1.165, 1.54) is 18.2 Å². The number of sulfonamides is 1. The maximum atomic E-state index is 14.4. The van der Waals surface area contributed by atoms with Gasteiger partial charge < -0.3 is 9.88 Å². The van der Waals surface area contributed by atoms with E-state index in [0.717, 1.165) is 6.07 Å². The molecule has 0 atom stereocenters. The summed E-state index contributed by atoms with van der Waals surface area (Å²) in [5.74, 6) is -1.46. The van der Waals surface area contributed by atoms with Crippen LogP contribution in [0.2, 0.25) is 5.02 Å². The first-order chi connectivity index (χ1) is 13.9. The maximum absolute atomic E-state index is 14.4. The van der Waals surface area contributed by atoms with Gasteiger partial charge in [0.25, 0.3) is 5.91 Å². The van der Waals surface area contributed by atoms with Gasteiger partial charge in [-0.1, -0.05) is 23.7 Å². The monoisotopic (exact) mass is 436 g/mol. The minimum absolute atomic E-state index is 0.144. The standard InChI is InChI=1S/C19H18ClFN4O3S/c20-16-5-2-1-4-15(16)19(26)24-18-7-6-14(12-17(18)21)29(27,28)23-8-3-10-25-11-9-22-13-25/h1-2,4-7,9,11-13,23H,3,8,10H2,(H,24,26). The van der Waals surface area contributed by atoms with Gasteiger partial charge in [0.1, 0.15) is 5.82 Å². The van der Waals surface area contributed by atoms with Gasteiger partial charge in [-0.25, -0.2) is 22.5 Å². The lowest BCUT2D eigenvalue weighted by molar-refractivity contribution is 0.102. The molecule has 1 heterocycles. The lowest BCUT2D eigenvalue weighted by Crippen LogP contribution is -2.25. The van der Waals surface area contributed by atoms with Gasteiger partial charge in [-0.05, 0) is 36.8 Å². The molecule has 0 bridgehead atoms. The summed E-state index contributed by atoms with van der Waals surface area (Å²) >= 11 is 5.96. The summed E-state index contributed by atoms with van der Waals surface area (Å²) in [5.41, 5.74) is 0.0406. The van der Waals surface area contributed by atoms with Crippen LogP contribution in [0.5, 0.6) is 0 Å². The van der Waals surface area contributed by atoms with Crippen LogP contribution < -0.4 is 10.0 Å². The van der Waals surface area contributed by atoms with E-state index in [2.05, 4.69) is 15.0 Å². The van der Waals surface area contributed by atoms with Gasteiger partial charge in [0.15, 0.2) is 0 Å². The highest BCUT2D eigenvalue weighted by atomic mass is 35.5. The summed E-state index contributed by atoms with van der Waals surface area (Å²) in [6.45, 7) is 0.789. The quantitative estimate of drug-likeness (QED) is 0.530. The highest BCUT2D eigenvalue weighted by molar-refractivity contribution is 7.89. The highest BCUT2D eigenvalue weighted by Gasteiger charge is 2.18. The Morgan fingerprint density at radius 1 is 1.21 bits per heavy atom. The van der Waals surface area contributed by atoms with Crippen LogP contribution in [0.4, 0.5) is 10.1 Å². The van der Waals surface area contributed by atoms with Crippen molar-refractivity contribution >= 4 is 33.2 Å². The molecule has 152 valence electrons. The zero-order valence-corrected chi connectivity index (χ0v) is 16.8. The van der Waals surface area contributed by atoms with Crippen molar-refractivity contribution in [1.29, 1.82) is 0 Å². The molecule has 0 saturated heterocycles. The fourth-order valence-corrected chi connectivity index (χ4v) is 3.88. The van der Waals surface area contributed by atoms with Crippen molar-refractivity contribution in [3.8, 4) is 0 Å². The van der Waals surface area contributed by atoms with E-state index in [1.807, 2.05) is 4.57 Å². The van der Waals surface area contributed by atoms with Crippen molar-refractivity contribution in [2.45, 2.75) is 17.9 Å². The van der Waals surface area contributed by atoms with Crippen molar-refractivity contribution in [2.75, 3.05) is 11.9 Å². The topological polar surface area (TPSA) is 93.1 Å². The van der Waals surface area contributed by atoms with Crippen LogP contribution in [0.15, 0.2) is 66.1 Å². The maximum Gasteiger partial charge on any atom is 0.257 e. The van der Waals surface area contributed by atoms with Gasteiger partial charge in [-0.15, -0.1) is 0 Å². The number of hydrogen-bond acceptors (Lipinski definition) is 4. The number of carbonyl (C=O) groups excluding carboxylic acids is 1. The Balaban J connectivity index is 1.63. The second kappa shape index (κ2) is 9.17. The number of imidazole rings is 1. The zero-order chi connectivity index (χ0) is 20.9. The van der Waals surface area contributed by atoms with E-state index in [9.17, 15) is 17.6 Å². The molecule has 3 aromatic rings. The number of aryl methyl sites for hydroxylation is 1. The van der Waals surface area contributed by atoms with Crippen LogP contribution in [0.3, 0.4) is 0 Å². The Bertz CT molecular complexity index is 1100. The Kier molecular flexibility index (Phi) is 6.63. The number of hydrogen-bond donors (Lipinski definition) is 2. The van der Waals surface area contributed by atoms with Gasteiger partial charge >= 0.3 is 0 Å². The number of amides is 1. The third kappa shape index (κ3) is 5.41. The average Bonchev–Trinajstić information content (AvgIpc) is 3.20. The van der Waals surface area contributed by atoms with Crippen LogP contribution in [0.1, 0.15) is 16.8 Å². The number of halogens is 2. The number of nitrogens with zero attached hydrogens (tertiary/aromatic N) is 2. The lowest BCUT2D eigenvalue weighted by atomic mass is 10.2. The number of rotatable bonds is 8. The fraction of sp³-hybridized carbons (Fsp3) is 0.158. The molecular formula is C19H18ClFN4O3S. The number of benzene rings is 2. The molecule has 0 aliphatic carbocycles. The second-order valence-electron chi connectivity index (χ2n) is 6.13. The first kappa shape index (κ1) is 21.0. The number of nitrogens with one attached hydrogen (secondary N) is 2. The van der Waals surface area contributed by atoms with Gasteiger partial charge in [0, 0.05) is 25.5 Å². The minimum Gasteiger partial charge on any atom is -0.337 e. The van der Waals surface area contributed by atoms with Gasteiger partial charge in [-0.2, -0.15) is 0 Å². The molecule has 1 amide bonds. The van der Waals surface area contributed by atoms with Crippen molar-refractivity contribution < 1.29 is 17.6 Å². The molecule has 10 heteroatoms. The highest BCUT2D eigenvalue weighted by Crippen LogP contribution is 2.21. The van der Waals surface area contributed by atoms with Crippen LogP contribution in [0.25, 0.3) is 0 Å². The van der Waals surface area contributed by atoms with Crippen molar-refractivity contribution in [1.82, 2.24) is 14.3 Å². The van der Waals surface area contributed by atoms with E-state index >= 15 is 0 Å². The second-order valence-corrected chi connectivity index (χ2v) is 8.30. The molecule has 1 aromatic heterocycles. The van der Waals surface area contributed by atoms with E-state index in [0.29, 0.717) is 13.0 Å². The molecule has 7 nitrogen and oxygen atoms in total. The fourth-order valence-electron chi connectivity index (χ4n) is 2.57. The van der Waals surface area contributed by atoms with Crippen LogP contribution in [-0.4, -0.2) is 30.4 Å². The summed E-state index contributed by atoms with van der Waals surface area (Å²) in [6, 6.07) is 9.63. The molecule has 0 spiro atoms. The third-order valence-corrected chi connectivity index (χ3v) is 5.85. The molecule has 0 saturated carbocycles. The Hall–Kier alpha value is -2.75. The largest absolute Gasteiger partial charge is 0.337 e. The Morgan fingerprint density at radius 3 is 2.69 bits per heavy atom. The van der Waals surface area contributed by atoms with Gasteiger partial charge in [-0.3, -0.25) is 4.79 Å². The number of aromatic nitrogens is 2. The summed E-state index contributed by atoms with van der Waals surface area (Å²) < 4.78 is 43.3. The average molecular weight is 437 g/mol. The van der Waals surface area contributed by atoms with E-state index < -0.39 is 21.7 Å². The molecule has 0 fully saturated rings. The molecule has 29 heavy (non-hydrogen) atoms. The summed E-state index contributed by atoms with van der Waals surface area (Å²) in [5, 5.41) is 2.62. The minimum atomic E-state index is -3.88. The predicted molar refractivity (Wildman–Crippen MR) is 108 cm³/mol. The first-order valence-corrected chi connectivity index (χ1v) is 10.5. The molecule has 0 aliphatic rings. The van der Waals surface area contributed by atoms with Crippen molar-refractivity contribution in [3.05, 3.63) is 77.6 Å². The van der Waals surface area contributed by atoms with E-state index in [-0.39, 0.29) is 27.7 Å². The third-order valence-electron chi connectivity index (χ3n) is 4.06. The summed E-state index contributed by atoms with van der Waals surface area (Å²) in [6.07, 6.45) is 5.60. The smallest absolute Gasteiger partial charge is 0.257 e. The lowest BCUT2D eigenvalue weighted by Gasteiger charge is -2.10. The summed E-state index contributed by atoms with van der Waals surface area (Å²) in [7, 11) is -3.88. The van der Waals surface area contributed by atoms with Gasteiger partial charge in [0.2, 0.25) is 10.0 Å². The Labute approximate surface area is 172 Å². The van der Waals surface area contributed by atoms with Crippen LogP contribution in [-0.2, 0) is 16.6 Å². The van der Waals surface area contributed by atoms with Crippen LogP contribution in [0, 0.1) is 5.82 Å². The van der Waals surface area contributed by atoms with E-state index in [4.69, 9.17) is 11.6 Å². The molecule has 2 aromatic carbocycles. The number of anilines is 1. The molecule has 3 rings (SSSR count). The molecule has 0 aliphatic heterocycles. The SMILES string of the molecule is O=C(Nc1ccc(S(=O)(=O)NCCCn2ccnc2)cc1F)c1ccccc1Cl. The summed E-state index contributed by atoms with van der Waals surface area (Å²) in [4.78, 5) is 15.9. The van der Waals surface area contributed by atoms with Gasteiger partial charge in [0.05, 0.1) is 27.5 Å². The predicted octanol–water partition coefficient (Wildman–Crippen LogP) is 3.30. The van der Waals surface area contributed by atoms with Crippen molar-refractivity contribution in [2.24, 2.45) is 0 Å². The Morgan fingerprint density at radius 2 is 2.00 bits per heavy atom. The van der Waals surface area contributed by atoms with Crippen molar-refractivity contribution in [3.63, 3.8) is 0 Å².